The number of carbonyl (C=O) groups excluding carboxylic acids is 1. The number of likely N-dealkylation sites (tertiary alicyclic amines) is 1. The molecule has 2 aromatic heterocycles. The lowest BCUT2D eigenvalue weighted by Gasteiger charge is -2.37. The molecule has 0 aliphatic carbocycles. The molecule has 2 saturated heterocycles. The van der Waals surface area contributed by atoms with Crippen molar-refractivity contribution >= 4 is 34.2 Å². The van der Waals surface area contributed by atoms with Crippen LogP contribution in [0.1, 0.15) is 53.5 Å². The first kappa shape index (κ1) is 29.3. The number of aliphatic hydroxyl groups is 1. The zero-order valence-electron chi connectivity index (χ0n) is 21.8. The molecular formula is C27H28ClF5N6O2. The Kier molecular flexibility index (Phi) is 8.31. The van der Waals surface area contributed by atoms with Crippen LogP contribution in [0.4, 0.5) is 27.8 Å². The van der Waals surface area contributed by atoms with Gasteiger partial charge in [-0.2, -0.15) is 13.2 Å². The van der Waals surface area contributed by atoms with E-state index >= 15 is 0 Å². The van der Waals surface area contributed by atoms with E-state index < -0.39 is 42.7 Å². The first-order valence-corrected chi connectivity index (χ1v) is 13.6. The molecule has 0 bridgehead atoms. The third-order valence-corrected chi connectivity index (χ3v) is 7.87. The molecule has 4 heterocycles. The van der Waals surface area contributed by atoms with E-state index in [0.717, 1.165) is 12.4 Å². The second-order valence-corrected chi connectivity index (χ2v) is 10.7. The molecule has 0 saturated carbocycles. The van der Waals surface area contributed by atoms with Gasteiger partial charge in [-0.1, -0.05) is 11.6 Å². The van der Waals surface area contributed by atoms with Gasteiger partial charge in [0.2, 0.25) is 5.82 Å². The normalized spacial score (nSPS) is 19.3. The van der Waals surface area contributed by atoms with Crippen LogP contribution in [0, 0.1) is 0 Å². The summed E-state index contributed by atoms with van der Waals surface area (Å²) in [5, 5.41) is 13.3. The fourth-order valence-electron chi connectivity index (χ4n) is 5.22. The Hall–Kier alpha value is -3.16. The molecule has 0 radical (unpaired) electrons. The van der Waals surface area contributed by atoms with Gasteiger partial charge < -0.3 is 15.3 Å². The SMILES string of the molecule is O=C(NCC(c1cnc(C(F)(F)F)nc1)N1CCC(F)(F)CC1)c1c(Cl)ccc2nc(N3CCC(O)CC3)ccc12. The molecule has 2 aliphatic rings. The van der Waals surface area contributed by atoms with Gasteiger partial charge in [0, 0.05) is 68.9 Å². The van der Waals surface area contributed by atoms with Gasteiger partial charge in [-0.05, 0) is 37.1 Å². The van der Waals surface area contributed by atoms with Crippen LogP contribution in [0.2, 0.25) is 5.02 Å². The highest BCUT2D eigenvalue weighted by Gasteiger charge is 2.38. The first-order chi connectivity index (χ1) is 19.4. The number of fused-ring (bicyclic) bond motifs is 1. The molecule has 3 aromatic rings. The number of rotatable bonds is 6. The largest absolute Gasteiger partial charge is 0.451 e. The molecule has 1 unspecified atom stereocenters. The predicted octanol–water partition coefficient (Wildman–Crippen LogP) is 4.86. The number of halogens is 6. The van der Waals surface area contributed by atoms with Crippen molar-refractivity contribution in [3.05, 3.63) is 58.6 Å². The summed E-state index contributed by atoms with van der Waals surface area (Å²) in [6, 6.07) is 6.04. The molecule has 2 N–H and O–H groups in total. The summed E-state index contributed by atoms with van der Waals surface area (Å²) in [5.74, 6) is -3.99. The minimum absolute atomic E-state index is 0.0240. The van der Waals surface area contributed by atoms with Gasteiger partial charge in [0.25, 0.3) is 11.8 Å². The molecule has 2 aliphatic heterocycles. The Morgan fingerprint density at radius 3 is 2.37 bits per heavy atom. The van der Waals surface area contributed by atoms with Crippen LogP contribution in [0.15, 0.2) is 36.7 Å². The number of hydrogen-bond donors (Lipinski definition) is 2. The smallest absolute Gasteiger partial charge is 0.393 e. The predicted molar refractivity (Wildman–Crippen MR) is 142 cm³/mol. The highest BCUT2D eigenvalue weighted by Crippen LogP contribution is 2.33. The molecular weight excluding hydrogens is 571 g/mol. The standard InChI is InChI=1S/C27H28ClF5N6O2/c28-19-2-3-20-18(1-4-22(37-20)39-9-5-17(40)6-10-39)23(19)24(41)34-15-21(38-11-7-26(29,30)8-12-38)16-13-35-25(36-14-16)27(31,32)33/h1-4,13-14,17,21,40H,5-12,15H2,(H,34,41). The Labute approximate surface area is 237 Å². The van der Waals surface area contributed by atoms with E-state index in [4.69, 9.17) is 11.6 Å². The minimum atomic E-state index is -4.73. The van der Waals surface area contributed by atoms with Crippen LogP contribution in [-0.2, 0) is 6.18 Å². The van der Waals surface area contributed by atoms with Crippen LogP contribution in [0.25, 0.3) is 10.9 Å². The number of nitrogens with one attached hydrogen (secondary N) is 1. The number of amides is 1. The van der Waals surface area contributed by atoms with Crippen molar-refractivity contribution in [3.8, 4) is 0 Å². The third-order valence-electron chi connectivity index (χ3n) is 7.56. The van der Waals surface area contributed by atoms with Crippen molar-refractivity contribution in [1.29, 1.82) is 0 Å². The van der Waals surface area contributed by atoms with E-state index in [1.54, 1.807) is 29.2 Å². The summed E-state index contributed by atoms with van der Waals surface area (Å²) >= 11 is 6.43. The molecule has 220 valence electrons. The number of carbonyl (C=O) groups is 1. The second kappa shape index (κ2) is 11.6. The van der Waals surface area contributed by atoms with Crippen LogP contribution in [-0.4, -0.2) is 75.6 Å². The second-order valence-electron chi connectivity index (χ2n) is 10.3. The number of piperidine rings is 2. The fraction of sp³-hybridized carbons (Fsp3) is 0.481. The molecule has 1 aromatic carbocycles. The number of aliphatic hydroxyl groups excluding tert-OH is 1. The van der Waals surface area contributed by atoms with Crippen molar-refractivity contribution in [1.82, 2.24) is 25.2 Å². The number of anilines is 1. The lowest BCUT2D eigenvalue weighted by Crippen LogP contribution is -2.45. The number of pyridine rings is 1. The number of benzene rings is 1. The summed E-state index contributed by atoms with van der Waals surface area (Å²) in [6.45, 7) is 1.15. The molecule has 1 atom stereocenters. The highest BCUT2D eigenvalue weighted by molar-refractivity contribution is 6.35. The molecule has 2 fully saturated rings. The maximum absolute atomic E-state index is 13.8. The number of hydrogen-bond acceptors (Lipinski definition) is 7. The summed E-state index contributed by atoms with van der Waals surface area (Å²) in [4.78, 5) is 28.7. The van der Waals surface area contributed by atoms with E-state index in [1.807, 2.05) is 0 Å². The topological polar surface area (TPSA) is 94.5 Å². The number of nitrogens with zero attached hydrogens (tertiary/aromatic N) is 5. The van der Waals surface area contributed by atoms with Gasteiger partial charge in [0.1, 0.15) is 5.82 Å². The zero-order chi connectivity index (χ0) is 29.4. The average Bonchev–Trinajstić information content (AvgIpc) is 2.93. The van der Waals surface area contributed by atoms with E-state index in [0.29, 0.717) is 42.7 Å². The maximum Gasteiger partial charge on any atom is 0.451 e. The van der Waals surface area contributed by atoms with Crippen LogP contribution < -0.4 is 10.2 Å². The van der Waals surface area contributed by atoms with Gasteiger partial charge in [-0.3, -0.25) is 9.69 Å². The van der Waals surface area contributed by atoms with Gasteiger partial charge >= 0.3 is 6.18 Å². The van der Waals surface area contributed by atoms with Crippen molar-refractivity contribution in [2.75, 3.05) is 37.6 Å². The Morgan fingerprint density at radius 2 is 1.73 bits per heavy atom. The zero-order valence-corrected chi connectivity index (χ0v) is 22.6. The van der Waals surface area contributed by atoms with Crippen LogP contribution in [0.5, 0.6) is 0 Å². The van der Waals surface area contributed by atoms with Crippen molar-refractivity contribution in [2.24, 2.45) is 0 Å². The molecule has 41 heavy (non-hydrogen) atoms. The minimum Gasteiger partial charge on any atom is -0.393 e. The van der Waals surface area contributed by atoms with Crippen LogP contribution >= 0.6 is 11.6 Å². The molecule has 0 spiro atoms. The van der Waals surface area contributed by atoms with Crippen molar-refractivity contribution in [2.45, 2.75) is 49.9 Å². The summed E-state index contributed by atoms with van der Waals surface area (Å²) < 4.78 is 66.7. The van der Waals surface area contributed by atoms with Gasteiger partial charge in [-0.15, -0.1) is 0 Å². The monoisotopic (exact) mass is 598 g/mol. The average molecular weight is 599 g/mol. The lowest BCUT2D eigenvalue weighted by atomic mass is 10.0. The summed E-state index contributed by atoms with van der Waals surface area (Å²) in [5.41, 5.74) is 0.962. The van der Waals surface area contributed by atoms with E-state index in [9.17, 15) is 31.9 Å². The Morgan fingerprint density at radius 1 is 1.07 bits per heavy atom. The molecule has 1 amide bonds. The fourth-order valence-corrected chi connectivity index (χ4v) is 5.47. The summed E-state index contributed by atoms with van der Waals surface area (Å²) in [7, 11) is 0. The molecule has 14 heteroatoms. The third kappa shape index (κ3) is 6.68. The van der Waals surface area contributed by atoms with Crippen molar-refractivity contribution < 1.29 is 31.9 Å². The van der Waals surface area contributed by atoms with Crippen LogP contribution in [0.3, 0.4) is 0 Å². The van der Waals surface area contributed by atoms with Crippen molar-refractivity contribution in [3.63, 3.8) is 0 Å². The first-order valence-electron chi connectivity index (χ1n) is 13.2. The number of alkyl halides is 5. The van der Waals surface area contributed by atoms with E-state index in [1.165, 1.54) is 0 Å². The summed E-state index contributed by atoms with van der Waals surface area (Å²) in [6.07, 6.45) is -2.62. The quantitative estimate of drug-likeness (QED) is 0.392. The molecule has 5 rings (SSSR count). The van der Waals surface area contributed by atoms with Gasteiger partial charge in [0.05, 0.1) is 28.2 Å². The van der Waals surface area contributed by atoms with Gasteiger partial charge in [-0.25, -0.2) is 23.7 Å². The highest BCUT2D eigenvalue weighted by atomic mass is 35.5. The molecule has 8 nitrogen and oxygen atoms in total. The van der Waals surface area contributed by atoms with Gasteiger partial charge in [0.15, 0.2) is 0 Å². The lowest BCUT2D eigenvalue weighted by molar-refractivity contribution is -0.145. The maximum atomic E-state index is 13.8. The Balaban J connectivity index is 1.37. The van der Waals surface area contributed by atoms with E-state index in [-0.39, 0.29) is 41.9 Å². The number of aromatic nitrogens is 3. The van der Waals surface area contributed by atoms with E-state index in [2.05, 4.69) is 25.2 Å². The Bertz CT molecular complexity index is 1390.